The van der Waals surface area contributed by atoms with Gasteiger partial charge in [-0.25, -0.2) is 9.97 Å². The molecule has 6 heteroatoms. The highest BCUT2D eigenvalue weighted by atomic mass is 127. The molecule has 2 aromatic heterocycles. The number of aromatic nitrogens is 3. The Hall–Kier alpha value is -0.295. The Morgan fingerprint density at radius 1 is 1.62 bits per heavy atom. The molecule has 0 aliphatic carbocycles. The summed E-state index contributed by atoms with van der Waals surface area (Å²) in [5, 5.41) is 0.430. The Kier molecular flexibility index (Phi) is 2.23. The highest BCUT2D eigenvalue weighted by molar-refractivity contribution is 14.1. The molecule has 0 N–H and O–H groups in total. The molecule has 0 aliphatic rings. The van der Waals surface area contributed by atoms with Crippen LogP contribution >= 0.6 is 34.2 Å². The van der Waals surface area contributed by atoms with Crippen molar-refractivity contribution in [3.05, 3.63) is 20.7 Å². The van der Waals surface area contributed by atoms with Crippen LogP contribution in [0.4, 0.5) is 0 Å². The number of halogens is 2. The van der Waals surface area contributed by atoms with E-state index in [9.17, 15) is 0 Å². The number of aryl methyl sites for hydroxylation is 1. The first kappa shape index (κ1) is 9.27. The normalized spacial score (nSPS) is 11.0. The lowest BCUT2D eigenvalue weighted by atomic mass is 10.1. The van der Waals surface area contributed by atoms with Gasteiger partial charge in [0.2, 0.25) is 0 Å². The van der Waals surface area contributed by atoms with Crippen LogP contribution in [0.1, 0.15) is 5.69 Å². The molecule has 2 rings (SSSR count). The molecule has 0 spiro atoms. The Morgan fingerprint density at radius 3 is 2.92 bits per heavy atom. The highest BCUT2D eigenvalue weighted by Gasteiger charge is 2.10. The Balaban J connectivity index is 3.03. The molecule has 0 atom stereocenters. The smallest absolute Gasteiger partial charge is 0.168 e. The quantitative estimate of drug-likeness (QED) is 0.539. The molecular weight excluding hydrogens is 299 g/mol. The van der Waals surface area contributed by atoms with Gasteiger partial charge in [-0.05, 0) is 29.5 Å². The molecule has 0 aliphatic heterocycles. The van der Waals surface area contributed by atoms with Gasteiger partial charge >= 0.3 is 0 Å². The average Bonchev–Trinajstić information content (AvgIpc) is 2.36. The first-order chi connectivity index (χ1) is 6.11. The van der Waals surface area contributed by atoms with Gasteiger partial charge in [-0.2, -0.15) is 0 Å². The van der Waals surface area contributed by atoms with E-state index in [0.717, 1.165) is 14.9 Å². The van der Waals surface area contributed by atoms with E-state index in [2.05, 4.69) is 32.6 Å². The van der Waals surface area contributed by atoms with Crippen molar-refractivity contribution < 1.29 is 0 Å². The molecule has 3 nitrogen and oxygen atoms in total. The summed E-state index contributed by atoms with van der Waals surface area (Å²) >= 11 is 8.00. The number of fused-ring (bicyclic) bond motifs is 1. The van der Waals surface area contributed by atoms with Crippen molar-refractivity contribution in [3.8, 4) is 0 Å². The van der Waals surface area contributed by atoms with Gasteiger partial charge in [-0.1, -0.05) is 11.6 Å². The fourth-order valence-corrected chi connectivity index (χ4v) is 2.34. The van der Waals surface area contributed by atoms with E-state index in [4.69, 9.17) is 19.4 Å². The molecule has 0 fully saturated rings. The van der Waals surface area contributed by atoms with Gasteiger partial charge < -0.3 is 4.40 Å². The Bertz CT molecular complexity index is 440. The standard InChI is InChI=1S/C7H4BClIN3/c1-3-2-11-5(9)4-6(10)12-7(8)13(3)4/h2H,1H3. The third kappa shape index (κ3) is 1.34. The maximum absolute atomic E-state index is 5.92. The predicted octanol–water partition coefficient (Wildman–Crippen LogP) is 1.09. The monoisotopic (exact) mass is 303 g/mol. The summed E-state index contributed by atoms with van der Waals surface area (Å²) in [5.41, 5.74) is 2.15. The lowest BCUT2D eigenvalue weighted by molar-refractivity contribution is 1.07. The summed E-state index contributed by atoms with van der Waals surface area (Å²) in [6.45, 7) is 1.91. The second-order valence-electron chi connectivity index (χ2n) is 2.64. The fraction of sp³-hybridized carbons (Fsp3) is 0.143. The summed E-state index contributed by atoms with van der Waals surface area (Å²) in [4.78, 5) is 8.14. The summed E-state index contributed by atoms with van der Waals surface area (Å²) in [6, 6.07) is 0. The number of hydrogen-bond donors (Lipinski definition) is 0. The third-order valence-corrected chi connectivity index (χ3v) is 2.80. The van der Waals surface area contributed by atoms with Crippen molar-refractivity contribution in [2.24, 2.45) is 0 Å². The van der Waals surface area contributed by atoms with Crippen LogP contribution in [0.15, 0.2) is 6.20 Å². The molecule has 0 unspecified atom stereocenters. The topological polar surface area (TPSA) is 30.2 Å². The van der Waals surface area contributed by atoms with Gasteiger partial charge in [0.1, 0.15) is 9.22 Å². The average molecular weight is 303 g/mol. The SMILES string of the molecule is [B]c1nc(I)c2c(Cl)ncc(C)n12. The molecule has 0 bridgehead atoms. The van der Waals surface area contributed by atoms with Crippen molar-refractivity contribution in [2.75, 3.05) is 0 Å². The lowest BCUT2D eigenvalue weighted by Gasteiger charge is -2.02. The van der Waals surface area contributed by atoms with E-state index >= 15 is 0 Å². The minimum Gasteiger partial charge on any atom is -0.305 e. The molecule has 64 valence electrons. The summed E-state index contributed by atoms with van der Waals surface area (Å²) in [7, 11) is 5.71. The predicted molar refractivity (Wildman–Crippen MR) is 60.8 cm³/mol. The Morgan fingerprint density at radius 2 is 2.31 bits per heavy atom. The van der Waals surface area contributed by atoms with Gasteiger partial charge in [0.05, 0.1) is 5.72 Å². The second kappa shape index (κ2) is 3.13. The molecule has 2 radical (unpaired) electrons. The minimum atomic E-state index is 0.430. The van der Waals surface area contributed by atoms with Gasteiger partial charge in [-0.15, -0.1) is 0 Å². The van der Waals surface area contributed by atoms with Crippen LogP contribution in [0.3, 0.4) is 0 Å². The highest BCUT2D eigenvalue weighted by Crippen LogP contribution is 2.19. The van der Waals surface area contributed by atoms with E-state index in [0.29, 0.717) is 10.9 Å². The van der Waals surface area contributed by atoms with Gasteiger partial charge in [0, 0.05) is 11.9 Å². The van der Waals surface area contributed by atoms with Crippen molar-refractivity contribution in [3.63, 3.8) is 0 Å². The van der Waals surface area contributed by atoms with Crippen LogP contribution in [-0.2, 0) is 0 Å². The largest absolute Gasteiger partial charge is 0.305 e. The van der Waals surface area contributed by atoms with Crippen molar-refractivity contribution >= 4 is 53.3 Å². The fourth-order valence-electron chi connectivity index (χ4n) is 1.21. The molecule has 0 saturated carbocycles. The van der Waals surface area contributed by atoms with Gasteiger partial charge in [0.15, 0.2) is 13.0 Å². The maximum atomic E-state index is 5.92. The van der Waals surface area contributed by atoms with E-state index in [-0.39, 0.29) is 0 Å². The molecular formula is C7H4BClIN3. The molecule has 0 saturated heterocycles. The van der Waals surface area contributed by atoms with Crippen LogP contribution in [0, 0.1) is 10.6 Å². The van der Waals surface area contributed by atoms with E-state index in [1.54, 1.807) is 10.6 Å². The number of rotatable bonds is 0. The van der Waals surface area contributed by atoms with Crippen LogP contribution in [0.2, 0.25) is 5.15 Å². The number of nitrogens with zero attached hydrogens (tertiary/aromatic N) is 3. The van der Waals surface area contributed by atoms with Crippen LogP contribution < -0.4 is 5.72 Å². The molecule has 13 heavy (non-hydrogen) atoms. The molecule has 0 amide bonds. The van der Waals surface area contributed by atoms with Crippen molar-refractivity contribution in [2.45, 2.75) is 6.92 Å². The minimum absolute atomic E-state index is 0.430. The maximum Gasteiger partial charge on any atom is 0.168 e. The first-order valence-electron chi connectivity index (χ1n) is 3.56. The summed E-state index contributed by atoms with van der Waals surface area (Å²) in [5.74, 6) is 0. The van der Waals surface area contributed by atoms with E-state index in [1.807, 2.05) is 6.92 Å². The van der Waals surface area contributed by atoms with Crippen molar-refractivity contribution in [1.29, 1.82) is 0 Å². The van der Waals surface area contributed by atoms with E-state index < -0.39 is 0 Å². The van der Waals surface area contributed by atoms with Crippen LogP contribution in [0.25, 0.3) is 5.52 Å². The zero-order valence-corrected chi connectivity index (χ0v) is 9.67. The van der Waals surface area contributed by atoms with Crippen molar-refractivity contribution in [1.82, 2.24) is 14.4 Å². The van der Waals surface area contributed by atoms with Gasteiger partial charge in [-0.3, -0.25) is 0 Å². The Labute approximate surface area is 95.1 Å². The number of hydrogen-bond acceptors (Lipinski definition) is 2. The van der Waals surface area contributed by atoms with Crippen LogP contribution in [0.5, 0.6) is 0 Å². The molecule has 2 heterocycles. The third-order valence-electron chi connectivity index (χ3n) is 1.77. The zero-order chi connectivity index (χ0) is 9.59. The number of imidazole rings is 1. The zero-order valence-electron chi connectivity index (χ0n) is 6.75. The second-order valence-corrected chi connectivity index (χ2v) is 4.02. The van der Waals surface area contributed by atoms with Gasteiger partial charge in [0.25, 0.3) is 0 Å². The first-order valence-corrected chi connectivity index (χ1v) is 5.01. The molecule has 2 aromatic rings. The molecule has 0 aromatic carbocycles. The summed E-state index contributed by atoms with van der Waals surface area (Å²) < 4.78 is 2.56. The lowest BCUT2D eigenvalue weighted by Crippen LogP contribution is -2.15. The van der Waals surface area contributed by atoms with E-state index in [1.165, 1.54) is 0 Å². The van der Waals surface area contributed by atoms with Crippen LogP contribution in [-0.4, -0.2) is 22.2 Å². The summed E-state index contributed by atoms with van der Waals surface area (Å²) in [6.07, 6.45) is 1.67.